The molecule has 0 aliphatic heterocycles. The molecule has 0 aromatic carbocycles. The van der Waals surface area contributed by atoms with Gasteiger partial charge in [-0.05, 0) is 6.42 Å². The summed E-state index contributed by atoms with van der Waals surface area (Å²) >= 11 is 0. The van der Waals surface area contributed by atoms with Gasteiger partial charge in [-0.1, -0.05) is 103 Å². The first kappa shape index (κ1) is 36.7. The first-order valence-electron chi connectivity index (χ1n) is 15.1. The highest BCUT2D eigenvalue weighted by molar-refractivity contribution is 4.80. The highest BCUT2D eigenvalue weighted by atomic mass is 16.5. The van der Waals surface area contributed by atoms with Crippen LogP contribution >= 0.6 is 0 Å². The Kier molecular flexibility index (Phi) is 23.4. The van der Waals surface area contributed by atoms with Gasteiger partial charge in [-0.25, -0.2) is 0 Å². The van der Waals surface area contributed by atoms with Crippen LogP contribution in [0.25, 0.3) is 0 Å². The van der Waals surface area contributed by atoms with Crippen LogP contribution in [0.15, 0.2) is 0 Å². The van der Waals surface area contributed by atoms with E-state index >= 15 is 0 Å². The van der Waals surface area contributed by atoms with Crippen molar-refractivity contribution in [1.29, 1.82) is 0 Å². The number of ether oxygens (including phenoxy) is 1. The van der Waals surface area contributed by atoms with Crippen molar-refractivity contribution in [2.75, 3.05) is 47.0 Å². The largest absolute Gasteiger partial charge is 0.394 e. The topological polar surface area (TPSA) is 131 Å². The van der Waals surface area contributed by atoms with E-state index in [2.05, 4.69) is 6.92 Å². The van der Waals surface area contributed by atoms with Gasteiger partial charge in [-0.2, -0.15) is 0 Å². The Morgan fingerprint density at radius 2 is 0.973 bits per heavy atom. The summed E-state index contributed by atoms with van der Waals surface area (Å²) in [7, 11) is 3.59. The van der Waals surface area contributed by atoms with Gasteiger partial charge in [-0.15, -0.1) is 0 Å². The van der Waals surface area contributed by atoms with Gasteiger partial charge in [0.25, 0.3) is 0 Å². The van der Waals surface area contributed by atoms with Crippen molar-refractivity contribution in [2.24, 2.45) is 0 Å². The Balaban J connectivity index is 3.64. The van der Waals surface area contributed by atoms with Crippen molar-refractivity contribution in [2.45, 2.75) is 140 Å². The number of hydrogen-bond acceptors (Lipinski definition) is 7. The lowest BCUT2D eigenvalue weighted by molar-refractivity contribution is -0.897. The molecule has 0 bridgehead atoms. The molecule has 0 radical (unpaired) electrons. The number of rotatable bonds is 27. The molecule has 0 fully saturated rings. The van der Waals surface area contributed by atoms with Gasteiger partial charge in [0.1, 0.15) is 43.6 Å². The summed E-state index contributed by atoms with van der Waals surface area (Å²) in [6, 6.07) is 0. The minimum absolute atomic E-state index is 0.0621. The van der Waals surface area contributed by atoms with Crippen molar-refractivity contribution < 1.29 is 39.9 Å². The normalized spacial score (nSPS) is 16.5. The molecule has 1 unspecified atom stereocenters. The van der Waals surface area contributed by atoms with E-state index in [4.69, 9.17) is 9.84 Å². The van der Waals surface area contributed by atoms with E-state index in [-0.39, 0.29) is 17.6 Å². The maximum atomic E-state index is 10.3. The predicted molar refractivity (Wildman–Crippen MR) is 149 cm³/mol. The first-order valence-corrected chi connectivity index (χ1v) is 15.1. The van der Waals surface area contributed by atoms with Crippen LogP contribution in [0.1, 0.15) is 110 Å². The van der Waals surface area contributed by atoms with Crippen LogP contribution in [0, 0.1) is 0 Å². The average Bonchev–Trinajstić information content (AvgIpc) is 2.85. The number of likely N-dealkylation sites (N-methyl/N-ethyl adjacent to an activating group) is 1. The summed E-state index contributed by atoms with van der Waals surface area (Å²) in [5.74, 6) is 0. The number of unbranched alkanes of at least 4 members (excludes halogenated alkanes) is 15. The molecule has 0 aliphatic carbocycles. The Bertz CT molecular complexity index is 495. The molecule has 8 heteroatoms. The quantitative estimate of drug-likeness (QED) is 0.0702. The van der Waals surface area contributed by atoms with Crippen LogP contribution in [0.5, 0.6) is 0 Å². The van der Waals surface area contributed by atoms with Crippen molar-refractivity contribution >= 4 is 0 Å². The minimum Gasteiger partial charge on any atom is -0.394 e. The smallest absolute Gasteiger partial charge is 0.131 e. The number of quaternary nitrogens is 1. The lowest BCUT2D eigenvalue weighted by Gasteiger charge is -2.35. The molecule has 8 nitrogen and oxygen atoms in total. The van der Waals surface area contributed by atoms with Crippen LogP contribution in [0.3, 0.4) is 0 Å². The molecule has 0 aliphatic rings. The van der Waals surface area contributed by atoms with Crippen LogP contribution in [0.2, 0.25) is 0 Å². The minimum atomic E-state index is -1.65. The maximum Gasteiger partial charge on any atom is 0.131 e. The lowest BCUT2D eigenvalue weighted by atomic mass is 10.0. The number of hydrogen-bond donors (Lipinski definition) is 6. The molecule has 0 aromatic heterocycles. The first-order chi connectivity index (χ1) is 17.6. The van der Waals surface area contributed by atoms with Crippen molar-refractivity contribution in [3.8, 4) is 0 Å². The molecule has 0 amide bonds. The zero-order valence-electron chi connectivity index (χ0n) is 24.3. The van der Waals surface area contributed by atoms with Crippen LogP contribution in [0.4, 0.5) is 0 Å². The summed E-state index contributed by atoms with van der Waals surface area (Å²) in [5, 5.41) is 58.6. The molecule has 0 heterocycles. The standard InChI is InChI=1S/C29H62NO7/c1-4-5-6-7-8-9-10-11-12-13-14-15-16-17-18-19-20-37-24-25(32)21-30(2,3)22-26(33)28(35)29(36)27(34)23-31/h25-29,31-36H,4-24H2,1-3H3/q+1/t25?,26-,27+,28+,29+/m0/s1. The fraction of sp³-hybridized carbons (Fsp3) is 1.00. The monoisotopic (exact) mass is 536 g/mol. The second kappa shape index (κ2) is 23.6. The molecule has 6 N–H and O–H groups in total. The Hall–Kier alpha value is -0.320. The zero-order chi connectivity index (χ0) is 27.9. The second-order valence-corrected chi connectivity index (χ2v) is 11.6. The number of aliphatic hydroxyl groups excluding tert-OH is 6. The Morgan fingerprint density at radius 1 is 0.568 bits per heavy atom. The SMILES string of the molecule is CCCCCCCCCCCCCCCCCCOCC(O)C[N+](C)(C)C[C@H](O)[C@@H](O)[C@H](O)[C@H](O)CO. The summed E-state index contributed by atoms with van der Waals surface area (Å²) in [6.07, 6.45) is 14.4. The van der Waals surface area contributed by atoms with E-state index in [0.29, 0.717) is 13.2 Å². The average molecular weight is 537 g/mol. The molecular formula is C29H62NO7+. The van der Waals surface area contributed by atoms with Crippen LogP contribution in [-0.2, 0) is 4.74 Å². The van der Waals surface area contributed by atoms with Gasteiger partial charge in [0.15, 0.2) is 0 Å². The van der Waals surface area contributed by atoms with Crippen LogP contribution in [-0.4, -0.2) is 113 Å². The molecule has 0 spiro atoms. The van der Waals surface area contributed by atoms with E-state index in [1.165, 1.54) is 89.9 Å². The van der Waals surface area contributed by atoms with Gasteiger partial charge in [0, 0.05) is 6.61 Å². The van der Waals surface area contributed by atoms with Gasteiger partial charge in [0.05, 0.1) is 27.3 Å². The molecule has 5 atom stereocenters. The van der Waals surface area contributed by atoms with Crippen molar-refractivity contribution in [3.05, 3.63) is 0 Å². The second-order valence-electron chi connectivity index (χ2n) is 11.6. The summed E-state index contributed by atoms with van der Waals surface area (Å²) < 4.78 is 5.82. The third-order valence-electron chi connectivity index (χ3n) is 7.16. The van der Waals surface area contributed by atoms with Gasteiger partial charge < -0.3 is 39.9 Å². The van der Waals surface area contributed by atoms with Gasteiger partial charge >= 0.3 is 0 Å². The van der Waals surface area contributed by atoms with E-state index in [0.717, 1.165) is 12.8 Å². The van der Waals surface area contributed by atoms with E-state index in [1.54, 1.807) is 14.1 Å². The predicted octanol–water partition coefficient (Wildman–Crippen LogP) is 3.14. The summed E-state index contributed by atoms with van der Waals surface area (Å²) in [5.41, 5.74) is 0. The fourth-order valence-corrected chi connectivity index (χ4v) is 4.85. The molecule has 224 valence electrons. The third kappa shape index (κ3) is 21.2. The molecular weight excluding hydrogens is 474 g/mol. The zero-order valence-corrected chi connectivity index (χ0v) is 24.3. The van der Waals surface area contributed by atoms with Crippen molar-refractivity contribution in [1.82, 2.24) is 0 Å². The Morgan fingerprint density at radius 3 is 1.41 bits per heavy atom. The lowest BCUT2D eigenvalue weighted by Crippen LogP contribution is -2.56. The third-order valence-corrected chi connectivity index (χ3v) is 7.16. The molecule has 0 aromatic rings. The Labute approximate surface area is 227 Å². The number of nitrogens with zero attached hydrogens (tertiary/aromatic N) is 1. The molecule has 0 saturated carbocycles. The molecule has 0 saturated heterocycles. The highest BCUT2D eigenvalue weighted by Gasteiger charge is 2.34. The van der Waals surface area contributed by atoms with Gasteiger partial charge in [-0.3, -0.25) is 0 Å². The van der Waals surface area contributed by atoms with Gasteiger partial charge in [0.2, 0.25) is 0 Å². The highest BCUT2D eigenvalue weighted by Crippen LogP contribution is 2.14. The fourth-order valence-electron chi connectivity index (χ4n) is 4.85. The van der Waals surface area contributed by atoms with E-state index < -0.39 is 37.1 Å². The summed E-state index contributed by atoms with van der Waals surface area (Å²) in [6.45, 7) is 2.76. The van der Waals surface area contributed by atoms with Crippen LogP contribution < -0.4 is 0 Å². The summed E-state index contributed by atoms with van der Waals surface area (Å²) in [4.78, 5) is 0. The number of aliphatic hydroxyl groups is 6. The molecule has 0 rings (SSSR count). The van der Waals surface area contributed by atoms with E-state index in [9.17, 15) is 25.5 Å². The maximum absolute atomic E-state index is 10.3. The van der Waals surface area contributed by atoms with E-state index in [1.807, 2.05) is 0 Å². The van der Waals surface area contributed by atoms with Crippen molar-refractivity contribution in [3.63, 3.8) is 0 Å². The molecule has 37 heavy (non-hydrogen) atoms.